The van der Waals surface area contributed by atoms with E-state index < -0.39 is 0 Å². The molecule has 0 aromatic carbocycles. The Kier molecular flexibility index (Phi) is 28.1. The molecule has 1 saturated heterocycles. The lowest BCUT2D eigenvalue weighted by Crippen LogP contribution is -2.37. The van der Waals surface area contributed by atoms with E-state index in [4.69, 9.17) is 10.5 Å². The van der Waals surface area contributed by atoms with Crippen LogP contribution < -0.4 is 5.73 Å². The summed E-state index contributed by atoms with van der Waals surface area (Å²) in [4.78, 5) is 12.8. The molecule has 1 heterocycles. The van der Waals surface area contributed by atoms with Gasteiger partial charge >= 0.3 is 0 Å². The molecular weight excluding hydrogens is 538 g/mol. The van der Waals surface area contributed by atoms with E-state index in [1.54, 1.807) is 0 Å². The van der Waals surface area contributed by atoms with E-state index in [0.717, 1.165) is 25.7 Å². The second-order valence-electron chi connectivity index (χ2n) is 14.9. The van der Waals surface area contributed by atoms with Crippen molar-refractivity contribution in [2.75, 3.05) is 0 Å². The van der Waals surface area contributed by atoms with Gasteiger partial charge in [-0.2, -0.15) is 0 Å². The van der Waals surface area contributed by atoms with E-state index in [2.05, 4.69) is 20.8 Å². The lowest BCUT2D eigenvalue weighted by Gasteiger charge is -2.31. The number of epoxide rings is 1. The summed E-state index contributed by atoms with van der Waals surface area (Å²) in [5, 5.41) is 0. The van der Waals surface area contributed by atoms with Gasteiger partial charge in [0.15, 0.2) is 0 Å². The van der Waals surface area contributed by atoms with Crippen molar-refractivity contribution in [2.24, 2.45) is 11.1 Å². The number of hydrogen-bond acceptors (Lipinski definition) is 2. The zero-order valence-corrected chi connectivity index (χ0v) is 30.6. The van der Waals surface area contributed by atoms with Gasteiger partial charge in [-0.3, -0.25) is 4.79 Å². The fraction of sp³-hybridized carbons (Fsp3) is 0.976. The molecule has 0 aromatic heterocycles. The van der Waals surface area contributed by atoms with Gasteiger partial charge < -0.3 is 10.5 Å². The third-order valence-corrected chi connectivity index (χ3v) is 10.7. The summed E-state index contributed by atoms with van der Waals surface area (Å²) in [6.45, 7) is 6.85. The molecule has 1 amide bonds. The molecule has 262 valence electrons. The van der Waals surface area contributed by atoms with Gasteiger partial charge in [0.2, 0.25) is 5.91 Å². The summed E-state index contributed by atoms with van der Waals surface area (Å²) < 4.78 is 6.00. The largest absolute Gasteiger partial charge is 0.370 e. The number of carbonyl (C=O) groups is 1. The normalized spacial score (nSPS) is 16.5. The van der Waals surface area contributed by atoms with Crippen molar-refractivity contribution < 1.29 is 9.53 Å². The Bertz CT molecular complexity index is 604. The number of amides is 1. The van der Waals surface area contributed by atoms with Crippen LogP contribution in [0, 0.1) is 5.41 Å². The first-order valence-electron chi connectivity index (χ1n) is 20.5. The number of hydrogen-bond donors (Lipinski definition) is 1. The molecule has 2 atom stereocenters. The number of carbonyl (C=O) groups excluding carboxylic acids is 1. The number of unbranched alkanes of at least 4 members (excludes halogenated alkanes) is 25. The van der Waals surface area contributed by atoms with E-state index in [1.807, 2.05) is 0 Å². The fourth-order valence-corrected chi connectivity index (χ4v) is 7.44. The van der Waals surface area contributed by atoms with E-state index in [-0.39, 0.29) is 11.3 Å². The first kappa shape index (κ1) is 41.5. The Hall–Kier alpha value is -0.570. The predicted molar refractivity (Wildman–Crippen MR) is 194 cm³/mol. The maximum absolute atomic E-state index is 12.8. The molecule has 0 aromatic rings. The molecule has 1 fully saturated rings. The van der Waals surface area contributed by atoms with Crippen molar-refractivity contribution in [1.29, 1.82) is 0 Å². The minimum Gasteiger partial charge on any atom is -0.370 e. The van der Waals surface area contributed by atoms with Gasteiger partial charge in [0.25, 0.3) is 0 Å². The van der Waals surface area contributed by atoms with Gasteiger partial charge in [-0.1, -0.05) is 207 Å². The molecule has 1 aliphatic rings. The SMILES string of the molecule is CCCCCCCCCCCCCCC1OC1CCCCCCCC(CCCCCCCC)(CCCCCCCC)C(N)=O. The maximum atomic E-state index is 12.8. The van der Waals surface area contributed by atoms with Crippen LogP contribution in [0.25, 0.3) is 0 Å². The van der Waals surface area contributed by atoms with Crippen molar-refractivity contribution in [3.63, 3.8) is 0 Å². The fourth-order valence-electron chi connectivity index (χ4n) is 7.44. The highest BCUT2D eigenvalue weighted by atomic mass is 16.6. The quantitative estimate of drug-likeness (QED) is 0.0560. The number of primary amides is 1. The standard InChI is InChI=1S/C41H81NO2/c1-4-7-10-13-16-17-18-19-20-21-23-28-33-38-39(44-38)34-29-24-22-27-32-37-41(40(42)43,35-30-25-14-11-8-5-2)36-31-26-15-12-9-6-3/h38-39H,4-37H2,1-3H3,(H2,42,43). The van der Waals surface area contributed by atoms with Crippen LogP contribution >= 0.6 is 0 Å². The Labute approximate surface area is 277 Å². The van der Waals surface area contributed by atoms with Crippen LogP contribution in [0.15, 0.2) is 0 Å². The summed E-state index contributed by atoms with van der Waals surface area (Å²) >= 11 is 0. The van der Waals surface area contributed by atoms with E-state index in [9.17, 15) is 4.79 Å². The van der Waals surface area contributed by atoms with Crippen molar-refractivity contribution in [1.82, 2.24) is 0 Å². The van der Waals surface area contributed by atoms with Gasteiger partial charge in [-0.25, -0.2) is 0 Å². The minimum atomic E-state index is -0.252. The van der Waals surface area contributed by atoms with Gasteiger partial charge in [0.05, 0.1) is 12.2 Å². The van der Waals surface area contributed by atoms with Crippen molar-refractivity contribution in [2.45, 2.75) is 251 Å². The molecule has 0 saturated carbocycles. The Morgan fingerprint density at radius 2 is 0.682 bits per heavy atom. The minimum absolute atomic E-state index is 0.00953. The molecule has 1 aliphatic heterocycles. The number of ether oxygens (including phenoxy) is 1. The van der Waals surface area contributed by atoms with Crippen LogP contribution in [0.4, 0.5) is 0 Å². The molecular formula is C41H81NO2. The molecule has 0 bridgehead atoms. The summed E-state index contributed by atoms with van der Waals surface area (Å²) in [5.41, 5.74) is 5.90. The average molecular weight is 620 g/mol. The second-order valence-corrected chi connectivity index (χ2v) is 14.9. The monoisotopic (exact) mass is 620 g/mol. The molecule has 1 rings (SSSR count). The van der Waals surface area contributed by atoms with Gasteiger partial charge in [0.1, 0.15) is 0 Å². The summed E-state index contributed by atoms with van der Waals surface area (Å²) in [5.74, 6) is -0.00953. The third-order valence-electron chi connectivity index (χ3n) is 10.7. The molecule has 0 radical (unpaired) electrons. The molecule has 44 heavy (non-hydrogen) atoms. The van der Waals surface area contributed by atoms with Crippen LogP contribution in [-0.4, -0.2) is 18.1 Å². The molecule has 0 spiro atoms. The van der Waals surface area contributed by atoms with Crippen LogP contribution in [-0.2, 0) is 9.53 Å². The first-order valence-corrected chi connectivity index (χ1v) is 20.5. The number of nitrogens with two attached hydrogens (primary N) is 1. The summed E-state index contributed by atoms with van der Waals surface area (Å²) in [6.07, 6.45) is 45.5. The molecule has 2 N–H and O–H groups in total. The number of rotatable bonds is 36. The molecule has 2 unspecified atom stereocenters. The van der Waals surface area contributed by atoms with Gasteiger partial charge in [-0.15, -0.1) is 0 Å². The van der Waals surface area contributed by atoms with Crippen LogP contribution in [0.5, 0.6) is 0 Å². The highest BCUT2D eigenvalue weighted by Crippen LogP contribution is 2.38. The second kappa shape index (κ2) is 29.8. The maximum Gasteiger partial charge on any atom is 0.223 e. The lowest BCUT2D eigenvalue weighted by atomic mass is 9.73. The van der Waals surface area contributed by atoms with Crippen molar-refractivity contribution in [3.05, 3.63) is 0 Å². The average Bonchev–Trinajstić information content (AvgIpc) is 3.77. The van der Waals surface area contributed by atoms with Crippen LogP contribution in [0.2, 0.25) is 0 Å². The molecule has 0 aliphatic carbocycles. The first-order chi connectivity index (χ1) is 21.6. The van der Waals surface area contributed by atoms with E-state index in [1.165, 1.54) is 193 Å². The van der Waals surface area contributed by atoms with Crippen molar-refractivity contribution in [3.8, 4) is 0 Å². The van der Waals surface area contributed by atoms with Gasteiger partial charge in [-0.05, 0) is 32.1 Å². The van der Waals surface area contributed by atoms with Crippen molar-refractivity contribution >= 4 is 5.91 Å². The van der Waals surface area contributed by atoms with E-state index >= 15 is 0 Å². The summed E-state index contributed by atoms with van der Waals surface area (Å²) in [6, 6.07) is 0. The zero-order valence-electron chi connectivity index (χ0n) is 30.6. The summed E-state index contributed by atoms with van der Waals surface area (Å²) in [7, 11) is 0. The molecule has 3 heteroatoms. The van der Waals surface area contributed by atoms with Gasteiger partial charge in [0, 0.05) is 5.41 Å². The highest BCUT2D eigenvalue weighted by molar-refractivity contribution is 5.80. The Morgan fingerprint density at radius 3 is 0.955 bits per heavy atom. The Balaban J connectivity index is 2.12. The zero-order chi connectivity index (χ0) is 32.0. The third kappa shape index (κ3) is 22.9. The van der Waals surface area contributed by atoms with Crippen LogP contribution in [0.1, 0.15) is 239 Å². The lowest BCUT2D eigenvalue weighted by molar-refractivity contribution is -0.129. The topological polar surface area (TPSA) is 55.6 Å². The Morgan fingerprint density at radius 1 is 0.432 bits per heavy atom. The highest BCUT2D eigenvalue weighted by Gasteiger charge is 2.37. The van der Waals surface area contributed by atoms with Crippen LogP contribution in [0.3, 0.4) is 0 Å². The van der Waals surface area contributed by atoms with E-state index in [0.29, 0.717) is 12.2 Å². The predicted octanol–water partition coefficient (Wildman–Crippen LogP) is 13.5. The smallest absolute Gasteiger partial charge is 0.223 e. The molecule has 3 nitrogen and oxygen atoms in total.